The lowest BCUT2D eigenvalue weighted by molar-refractivity contribution is 0.0693. The van der Waals surface area contributed by atoms with Crippen molar-refractivity contribution >= 4 is 29.0 Å². The fourth-order valence-corrected chi connectivity index (χ4v) is 3.89. The van der Waals surface area contributed by atoms with Gasteiger partial charge in [-0.1, -0.05) is 6.07 Å². The van der Waals surface area contributed by atoms with Gasteiger partial charge in [-0.25, -0.2) is 14.6 Å². The van der Waals surface area contributed by atoms with Gasteiger partial charge in [0.1, 0.15) is 11.3 Å². The van der Waals surface area contributed by atoms with Crippen LogP contribution in [0.2, 0.25) is 0 Å². The fourth-order valence-electron chi connectivity index (χ4n) is 3.09. The third-order valence-electron chi connectivity index (χ3n) is 4.91. The molecule has 2 heterocycles. The van der Waals surface area contributed by atoms with Crippen LogP contribution in [0.1, 0.15) is 29.6 Å². The van der Waals surface area contributed by atoms with Gasteiger partial charge in [0.25, 0.3) is 0 Å². The third kappa shape index (κ3) is 4.25. The number of carbonyl (C=O) groups excluding carboxylic acids is 1. The molecule has 0 unspecified atom stereocenters. The summed E-state index contributed by atoms with van der Waals surface area (Å²) in [6.07, 6.45) is 6.48. The molecule has 2 amide bonds. The quantitative estimate of drug-likeness (QED) is 0.545. The largest absolute Gasteiger partial charge is 0.496 e. The van der Waals surface area contributed by atoms with Crippen molar-refractivity contribution in [3.63, 3.8) is 0 Å². The van der Waals surface area contributed by atoms with E-state index in [4.69, 9.17) is 4.74 Å². The number of hydrogen-bond donors (Lipinski definition) is 3. The first-order valence-corrected chi connectivity index (χ1v) is 10.3. The van der Waals surface area contributed by atoms with Crippen LogP contribution in [0.3, 0.4) is 0 Å². The van der Waals surface area contributed by atoms with Gasteiger partial charge in [0.15, 0.2) is 0 Å². The maximum Gasteiger partial charge on any atom is 0.339 e. The second kappa shape index (κ2) is 8.50. The number of aromatic carboxylic acids is 1. The van der Waals surface area contributed by atoms with Crippen molar-refractivity contribution in [3.8, 4) is 27.6 Å². The molecule has 4 rings (SSSR count). The molecular weight excluding hydrogens is 404 g/mol. The van der Waals surface area contributed by atoms with Crippen molar-refractivity contribution in [2.24, 2.45) is 0 Å². The van der Waals surface area contributed by atoms with Crippen LogP contribution in [0.4, 0.5) is 10.5 Å². The number of carboxylic acid groups (broad SMARTS) is 1. The Hall–Kier alpha value is -3.46. The van der Waals surface area contributed by atoms with Crippen LogP contribution >= 0.6 is 11.3 Å². The van der Waals surface area contributed by atoms with E-state index < -0.39 is 5.97 Å². The van der Waals surface area contributed by atoms with Crippen LogP contribution in [0.15, 0.2) is 42.0 Å². The first kappa shape index (κ1) is 19.8. The van der Waals surface area contributed by atoms with E-state index in [9.17, 15) is 14.7 Å². The molecule has 0 saturated heterocycles. The molecule has 1 fully saturated rings. The average molecular weight is 424 g/mol. The number of amides is 2. The Balaban J connectivity index is 1.53. The zero-order chi connectivity index (χ0) is 21.1. The normalized spacial score (nSPS) is 13.4. The Bertz CT molecular complexity index is 1090. The fraction of sp³-hybridized carbons (Fsp3) is 0.238. The van der Waals surface area contributed by atoms with Gasteiger partial charge in [0.05, 0.1) is 41.5 Å². The maximum absolute atomic E-state index is 12.0. The average Bonchev–Trinajstić information content (AvgIpc) is 3.18. The smallest absolute Gasteiger partial charge is 0.339 e. The molecule has 9 heteroatoms. The Labute approximate surface area is 177 Å². The summed E-state index contributed by atoms with van der Waals surface area (Å²) in [5, 5.41) is 16.9. The summed E-state index contributed by atoms with van der Waals surface area (Å²) < 4.78 is 5.19. The highest BCUT2D eigenvalue weighted by atomic mass is 32.1. The predicted molar refractivity (Wildman–Crippen MR) is 114 cm³/mol. The summed E-state index contributed by atoms with van der Waals surface area (Å²) in [6.45, 7) is 0. The second-order valence-electron chi connectivity index (χ2n) is 6.94. The lowest BCUT2D eigenvalue weighted by atomic mass is 9.93. The van der Waals surface area contributed by atoms with E-state index >= 15 is 0 Å². The van der Waals surface area contributed by atoms with Crippen LogP contribution in [-0.4, -0.2) is 40.2 Å². The number of ether oxygens (including phenoxy) is 1. The number of rotatable bonds is 6. The standard InChI is InChI=1S/C21H20N4O4S/c1-29-18-7-12(5-6-15(18)20(26)27)16-9-22-10-17(25-16)19-8-14(11-30-19)24-21(28)23-13-3-2-4-13/h5-11,13H,2-4H2,1H3,(H,26,27)(H2,23,24,28). The van der Waals surface area contributed by atoms with E-state index in [1.54, 1.807) is 24.5 Å². The van der Waals surface area contributed by atoms with Crippen LogP contribution < -0.4 is 15.4 Å². The number of carbonyl (C=O) groups is 2. The Morgan fingerprint density at radius 2 is 2.00 bits per heavy atom. The molecule has 1 aliphatic rings. The van der Waals surface area contributed by atoms with Gasteiger partial charge in [-0.3, -0.25) is 4.98 Å². The first-order chi connectivity index (χ1) is 14.5. The van der Waals surface area contributed by atoms with Crippen LogP contribution in [0.25, 0.3) is 21.8 Å². The topological polar surface area (TPSA) is 113 Å². The first-order valence-electron chi connectivity index (χ1n) is 9.43. The molecule has 1 aliphatic carbocycles. The monoisotopic (exact) mass is 424 g/mol. The number of anilines is 1. The summed E-state index contributed by atoms with van der Waals surface area (Å²) in [6, 6.07) is 6.71. The molecule has 2 aromatic heterocycles. The maximum atomic E-state index is 12.0. The van der Waals surface area contributed by atoms with Crippen molar-refractivity contribution < 1.29 is 19.4 Å². The molecule has 3 N–H and O–H groups in total. The zero-order valence-electron chi connectivity index (χ0n) is 16.2. The molecule has 0 spiro atoms. The summed E-state index contributed by atoms with van der Waals surface area (Å²) in [4.78, 5) is 33.1. The van der Waals surface area contributed by atoms with Crippen molar-refractivity contribution in [2.75, 3.05) is 12.4 Å². The summed E-state index contributed by atoms with van der Waals surface area (Å²) >= 11 is 1.45. The van der Waals surface area contributed by atoms with E-state index in [0.29, 0.717) is 22.6 Å². The molecule has 1 saturated carbocycles. The molecule has 154 valence electrons. The van der Waals surface area contributed by atoms with E-state index in [1.807, 2.05) is 11.4 Å². The van der Waals surface area contributed by atoms with Gasteiger partial charge in [0.2, 0.25) is 0 Å². The molecule has 8 nitrogen and oxygen atoms in total. The van der Waals surface area contributed by atoms with Gasteiger partial charge in [0, 0.05) is 17.0 Å². The van der Waals surface area contributed by atoms with Crippen molar-refractivity contribution in [1.82, 2.24) is 15.3 Å². The number of nitrogens with one attached hydrogen (secondary N) is 2. The Morgan fingerprint density at radius 1 is 1.20 bits per heavy atom. The molecular formula is C21H20N4O4S. The van der Waals surface area contributed by atoms with Crippen molar-refractivity contribution in [3.05, 3.63) is 47.6 Å². The number of urea groups is 1. The molecule has 0 bridgehead atoms. The number of hydrogen-bond acceptors (Lipinski definition) is 6. The summed E-state index contributed by atoms with van der Waals surface area (Å²) in [5.74, 6) is -0.800. The number of carboxylic acids is 1. The highest BCUT2D eigenvalue weighted by Gasteiger charge is 2.19. The van der Waals surface area contributed by atoms with Crippen LogP contribution in [0, 0.1) is 0 Å². The van der Waals surface area contributed by atoms with Gasteiger partial charge in [-0.05, 0) is 37.5 Å². The second-order valence-corrected chi connectivity index (χ2v) is 7.85. The molecule has 0 atom stereocenters. The van der Waals surface area contributed by atoms with Crippen molar-refractivity contribution in [2.45, 2.75) is 25.3 Å². The summed E-state index contributed by atoms with van der Waals surface area (Å²) in [7, 11) is 1.43. The minimum absolute atomic E-state index is 0.0829. The highest BCUT2D eigenvalue weighted by molar-refractivity contribution is 7.14. The van der Waals surface area contributed by atoms with E-state index in [2.05, 4.69) is 20.6 Å². The molecule has 3 aromatic rings. The molecule has 1 aromatic carbocycles. The SMILES string of the molecule is COc1cc(-c2cncc(-c3cc(NC(=O)NC4CCC4)cs3)n2)ccc1C(=O)O. The van der Waals surface area contributed by atoms with E-state index in [-0.39, 0.29) is 23.4 Å². The van der Waals surface area contributed by atoms with Gasteiger partial charge >= 0.3 is 12.0 Å². The number of methoxy groups -OCH3 is 1. The number of aromatic nitrogens is 2. The molecule has 0 aliphatic heterocycles. The minimum atomic E-state index is -1.06. The lowest BCUT2D eigenvalue weighted by Crippen LogP contribution is -2.41. The third-order valence-corrected chi connectivity index (χ3v) is 5.87. The number of benzene rings is 1. The van der Waals surface area contributed by atoms with E-state index in [0.717, 1.165) is 24.1 Å². The van der Waals surface area contributed by atoms with Gasteiger partial charge < -0.3 is 20.5 Å². The van der Waals surface area contributed by atoms with Crippen LogP contribution in [0.5, 0.6) is 5.75 Å². The van der Waals surface area contributed by atoms with Crippen LogP contribution in [-0.2, 0) is 0 Å². The van der Waals surface area contributed by atoms with Gasteiger partial charge in [-0.15, -0.1) is 11.3 Å². The van der Waals surface area contributed by atoms with E-state index in [1.165, 1.54) is 24.5 Å². The molecule has 0 radical (unpaired) electrons. The summed E-state index contributed by atoms with van der Waals surface area (Å²) in [5.41, 5.74) is 2.73. The predicted octanol–water partition coefficient (Wildman–Crippen LogP) is 4.25. The van der Waals surface area contributed by atoms with Crippen molar-refractivity contribution in [1.29, 1.82) is 0 Å². The minimum Gasteiger partial charge on any atom is -0.496 e. The molecule has 30 heavy (non-hydrogen) atoms. The number of thiophene rings is 1. The lowest BCUT2D eigenvalue weighted by Gasteiger charge is -2.26. The van der Waals surface area contributed by atoms with Gasteiger partial charge in [-0.2, -0.15) is 0 Å². The zero-order valence-corrected chi connectivity index (χ0v) is 17.0. The Kier molecular flexibility index (Phi) is 5.62. The number of nitrogens with zero attached hydrogens (tertiary/aromatic N) is 2. The Morgan fingerprint density at radius 3 is 2.70 bits per heavy atom. The highest BCUT2D eigenvalue weighted by Crippen LogP contribution is 2.31.